The SMILES string of the molecule is C=C(F)C(=O)N1CC(OC(=O)N2CC3(CC(Nc4cc(O[C@@H]5CCCNC5)nc5c(C(C)C)cnn45)C3)C2)C1. The average Bonchev–Trinajstić information content (AvgIpc) is 3.26. The molecule has 6 rings (SSSR count). The number of carbonyl (C=O) groups excluding carboxylic acids is 2. The van der Waals surface area contributed by atoms with E-state index in [1.54, 1.807) is 4.90 Å². The first-order valence-electron chi connectivity index (χ1n) is 13.8. The van der Waals surface area contributed by atoms with Crippen molar-refractivity contribution in [2.75, 3.05) is 44.6 Å². The highest BCUT2D eigenvalue weighted by Gasteiger charge is 2.54. The molecular weight excluding hydrogens is 505 g/mol. The third-order valence-corrected chi connectivity index (χ3v) is 8.29. The number of hydrogen-bond acceptors (Lipinski definition) is 8. The van der Waals surface area contributed by atoms with E-state index in [2.05, 4.69) is 36.2 Å². The van der Waals surface area contributed by atoms with E-state index in [9.17, 15) is 14.0 Å². The molecule has 0 radical (unpaired) electrons. The summed E-state index contributed by atoms with van der Waals surface area (Å²) in [6.45, 7) is 10.8. The van der Waals surface area contributed by atoms with Crippen LogP contribution >= 0.6 is 0 Å². The van der Waals surface area contributed by atoms with Gasteiger partial charge in [0.1, 0.15) is 18.0 Å². The van der Waals surface area contributed by atoms with Crippen molar-refractivity contribution >= 4 is 23.5 Å². The fourth-order valence-electron chi connectivity index (χ4n) is 6.13. The molecule has 12 heteroatoms. The quantitative estimate of drug-likeness (QED) is 0.515. The first kappa shape index (κ1) is 25.8. The van der Waals surface area contributed by atoms with Crippen molar-refractivity contribution in [3.63, 3.8) is 0 Å². The molecule has 4 fully saturated rings. The number of halogens is 1. The number of aromatic nitrogens is 3. The second kappa shape index (κ2) is 9.96. The summed E-state index contributed by atoms with van der Waals surface area (Å²) in [7, 11) is 0. The number of ether oxygens (including phenoxy) is 2. The summed E-state index contributed by atoms with van der Waals surface area (Å²) in [5.41, 5.74) is 1.99. The topological polar surface area (TPSA) is 113 Å². The van der Waals surface area contributed by atoms with E-state index in [1.165, 1.54) is 4.90 Å². The van der Waals surface area contributed by atoms with E-state index in [4.69, 9.17) is 14.5 Å². The van der Waals surface area contributed by atoms with Crippen molar-refractivity contribution in [2.45, 2.75) is 63.7 Å². The summed E-state index contributed by atoms with van der Waals surface area (Å²) in [5.74, 6) is 0.0166. The van der Waals surface area contributed by atoms with Crippen LogP contribution in [0.5, 0.6) is 5.88 Å². The molecule has 3 aliphatic heterocycles. The van der Waals surface area contributed by atoms with Crippen LogP contribution in [-0.2, 0) is 9.53 Å². The number of nitrogens with one attached hydrogen (secondary N) is 2. The standard InChI is InChI=1S/C27H36FN7O4/c1-16(2)21-11-30-35-22(7-23(32-24(21)35)38-19-5-4-6-29-10-19)31-18-8-27(9-18)14-34(15-27)26(37)39-20-12-33(13-20)25(36)17(3)28/h7,11,16,18-20,29,31H,3-6,8-10,12-15H2,1-2H3/t19-/m1/s1. The Balaban J connectivity index is 1.04. The van der Waals surface area contributed by atoms with Crippen LogP contribution in [0.2, 0.25) is 0 Å². The molecule has 4 aliphatic rings. The lowest BCUT2D eigenvalue weighted by molar-refractivity contribution is -0.140. The Hall–Kier alpha value is -3.41. The summed E-state index contributed by atoms with van der Waals surface area (Å²) < 4.78 is 26.6. The maximum atomic E-state index is 12.9. The third-order valence-electron chi connectivity index (χ3n) is 8.29. The van der Waals surface area contributed by atoms with Gasteiger partial charge < -0.3 is 29.9 Å². The second-order valence-corrected chi connectivity index (χ2v) is 11.8. The third kappa shape index (κ3) is 5.02. The van der Waals surface area contributed by atoms with Gasteiger partial charge in [-0.05, 0) is 38.1 Å². The minimum atomic E-state index is -0.997. The Morgan fingerprint density at radius 2 is 2.00 bits per heavy atom. The number of hydrogen-bond donors (Lipinski definition) is 2. The fraction of sp³-hybridized carbons (Fsp3) is 0.630. The molecule has 39 heavy (non-hydrogen) atoms. The van der Waals surface area contributed by atoms with Crippen LogP contribution in [0, 0.1) is 5.41 Å². The predicted octanol–water partition coefficient (Wildman–Crippen LogP) is 2.69. The van der Waals surface area contributed by atoms with Gasteiger partial charge in [0, 0.05) is 42.7 Å². The van der Waals surface area contributed by atoms with Crippen molar-refractivity contribution in [1.82, 2.24) is 29.7 Å². The smallest absolute Gasteiger partial charge is 0.410 e. The number of likely N-dealkylation sites (tertiary alicyclic amines) is 2. The van der Waals surface area contributed by atoms with Crippen molar-refractivity contribution < 1.29 is 23.5 Å². The maximum absolute atomic E-state index is 12.9. The molecule has 3 saturated heterocycles. The molecule has 0 aromatic carbocycles. The Labute approximate surface area is 226 Å². The maximum Gasteiger partial charge on any atom is 0.410 e. The Morgan fingerprint density at radius 1 is 1.23 bits per heavy atom. The summed E-state index contributed by atoms with van der Waals surface area (Å²) in [6.07, 6.45) is 5.18. The number of rotatable bonds is 7. The minimum absolute atomic E-state index is 0.0940. The molecule has 5 heterocycles. The van der Waals surface area contributed by atoms with Crippen LogP contribution in [0.3, 0.4) is 0 Å². The molecule has 11 nitrogen and oxygen atoms in total. The van der Waals surface area contributed by atoms with E-state index in [0.717, 1.165) is 55.8 Å². The molecule has 0 unspecified atom stereocenters. The minimum Gasteiger partial charge on any atom is -0.473 e. The van der Waals surface area contributed by atoms with Gasteiger partial charge in [0.25, 0.3) is 5.91 Å². The first-order chi connectivity index (χ1) is 18.7. The molecule has 1 saturated carbocycles. The van der Waals surface area contributed by atoms with Gasteiger partial charge in [0.15, 0.2) is 11.5 Å². The first-order valence-corrected chi connectivity index (χ1v) is 13.8. The van der Waals surface area contributed by atoms with Gasteiger partial charge in [0.05, 0.1) is 19.3 Å². The summed E-state index contributed by atoms with van der Waals surface area (Å²) in [5, 5.41) is 11.7. The molecule has 1 aliphatic carbocycles. The highest BCUT2D eigenvalue weighted by atomic mass is 19.1. The van der Waals surface area contributed by atoms with Crippen LogP contribution in [0.4, 0.5) is 15.0 Å². The second-order valence-electron chi connectivity index (χ2n) is 11.8. The fourth-order valence-corrected chi connectivity index (χ4v) is 6.13. The zero-order valence-corrected chi connectivity index (χ0v) is 22.5. The number of fused-ring (bicyclic) bond motifs is 1. The molecule has 210 valence electrons. The molecule has 2 N–H and O–H groups in total. The molecule has 1 spiro atoms. The predicted molar refractivity (Wildman–Crippen MR) is 141 cm³/mol. The number of anilines is 1. The van der Waals surface area contributed by atoms with Gasteiger partial charge in [-0.25, -0.2) is 9.18 Å². The van der Waals surface area contributed by atoms with Crippen LogP contribution in [0.1, 0.15) is 51.0 Å². The van der Waals surface area contributed by atoms with Gasteiger partial charge in [-0.3, -0.25) is 4.79 Å². The van der Waals surface area contributed by atoms with Crippen LogP contribution in [0.15, 0.2) is 24.7 Å². The van der Waals surface area contributed by atoms with Crippen LogP contribution < -0.4 is 15.4 Å². The zero-order chi connectivity index (χ0) is 27.3. The average molecular weight is 542 g/mol. The van der Waals surface area contributed by atoms with E-state index >= 15 is 0 Å². The monoisotopic (exact) mass is 541 g/mol. The number of carbonyl (C=O) groups is 2. The van der Waals surface area contributed by atoms with Gasteiger partial charge in [0.2, 0.25) is 5.88 Å². The van der Waals surface area contributed by atoms with Crippen molar-refractivity contribution in [3.8, 4) is 5.88 Å². The summed E-state index contributed by atoms with van der Waals surface area (Å²) in [4.78, 5) is 31.8. The lowest BCUT2D eigenvalue weighted by Crippen LogP contribution is -2.67. The van der Waals surface area contributed by atoms with E-state index in [-0.39, 0.29) is 42.7 Å². The van der Waals surface area contributed by atoms with Gasteiger partial charge in [-0.1, -0.05) is 20.4 Å². The molecule has 2 aromatic heterocycles. The summed E-state index contributed by atoms with van der Waals surface area (Å²) in [6, 6.07) is 2.20. The highest BCUT2D eigenvalue weighted by molar-refractivity contribution is 5.91. The molecule has 2 aromatic rings. The van der Waals surface area contributed by atoms with Crippen LogP contribution in [0.25, 0.3) is 5.65 Å². The zero-order valence-electron chi connectivity index (χ0n) is 22.5. The number of piperidine rings is 1. The van der Waals surface area contributed by atoms with E-state index in [0.29, 0.717) is 19.0 Å². The van der Waals surface area contributed by atoms with Crippen molar-refractivity contribution in [3.05, 3.63) is 30.2 Å². The van der Waals surface area contributed by atoms with Crippen molar-refractivity contribution in [1.29, 1.82) is 0 Å². The number of nitrogens with zero attached hydrogens (tertiary/aromatic N) is 5. The Kier molecular flexibility index (Phi) is 6.60. The van der Waals surface area contributed by atoms with Gasteiger partial charge >= 0.3 is 6.09 Å². The molecule has 2 amide bonds. The Bertz CT molecular complexity index is 1270. The lowest BCUT2D eigenvalue weighted by atomic mass is 9.61. The normalized spacial score (nSPS) is 22.8. The largest absolute Gasteiger partial charge is 0.473 e. The van der Waals surface area contributed by atoms with Crippen molar-refractivity contribution in [2.24, 2.45) is 5.41 Å². The van der Waals surface area contributed by atoms with Crippen LogP contribution in [-0.4, -0.2) is 93.9 Å². The number of amides is 2. The van der Waals surface area contributed by atoms with E-state index in [1.807, 2.05) is 16.8 Å². The van der Waals surface area contributed by atoms with Gasteiger partial charge in [-0.2, -0.15) is 14.6 Å². The lowest BCUT2D eigenvalue weighted by Gasteiger charge is -2.58. The van der Waals surface area contributed by atoms with Gasteiger partial charge in [-0.15, -0.1) is 0 Å². The molecule has 0 bridgehead atoms. The summed E-state index contributed by atoms with van der Waals surface area (Å²) >= 11 is 0. The Morgan fingerprint density at radius 3 is 2.67 bits per heavy atom. The van der Waals surface area contributed by atoms with E-state index < -0.39 is 17.8 Å². The molecular formula is C27H36FN7O4. The molecule has 1 atom stereocenters. The highest BCUT2D eigenvalue weighted by Crippen LogP contribution is 2.49.